The molecule has 1 N–H and O–H groups in total. The zero-order valence-corrected chi connectivity index (χ0v) is 17.3. The Labute approximate surface area is 171 Å². The number of rotatable bonds is 5. The summed E-state index contributed by atoms with van der Waals surface area (Å²) >= 11 is 0. The Morgan fingerprint density at radius 3 is 2.66 bits per heavy atom. The van der Waals surface area contributed by atoms with E-state index in [1.54, 1.807) is 6.33 Å². The van der Waals surface area contributed by atoms with Crippen molar-refractivity contribution in [2.24, 2.45) is 5.92 Å². The van der Waals surface area contributed by atoms with Crippen LogP contribution in [0.25, 0.3) is 11.1 Å². The molecule has 1 fully saturated rings. The quantitative estimate of drug-likeness (QED) is 0.711. The smallest absolute Gasteiger partial charge is 0.231 e. The molecule has 0 bridgehead atoms. The maximum absolute atomic E-state index is 12.7. The third-order valence-corrected chi connectivity index (χ3v) is 6.06. The Hall–Kier alpha value is -2.89. The molecule has 1 amide bonds. The molecule has 1 unspecified atom stereocenters. The van der Waals surface area contributed by atoms with Gasteiger partial charge < -0.3 is 14.6 Å². The molecule has 0 aliphatic carbocycles. The third-order valence-electron chi connectivity index (χ3n) is 6.06. The first-order valence-electron chi connectivity index (χ1n) is 10.3. The van der Waals surface area contributed by atoms with Gasteiger partial charge in [0.2, 0.25) is 11.6 Å². The summed E-state index contributed by atoms with van der Waals surface area (Å²) in [6.45, 7) is 8.43. The molecule has 6 heteroatoms. The Kier molecular flexibility index (Phi) is 5.51. The highest BCUT2D eigenvalue weighted by atomic mass is 16.3. The normalized spacial score (nSPS) is 16.2. The number of carbonyl (C=O) groups is 1. The summed E-state index contributed by atoms with van der Waals surface area (Å²) in [6.07, 6.45) is 3.21. The number of aromatic nitrogens is 2. The van der Waals surface area contributed by atoms with Gasteiger partial charge in [-0.3, -0.25) is 4.79 Å². The molecule has 0 radical (unpaired) electrons. The third kappa shape index (κ3) is 3.97. The summed E-state index contributed by atoms with van der Waals surface area (Å²) in [4.78, 5) is 23.7. The second kappa shape index (κ2) is 8.23. The number of hydrogen-bond acceptors (Lipinski definition) is 5. The SMILES string of the molecule is Cc1oc2ncnc(N3CCC(C(=O)NCC(C)c4ccccc4)CC3)c2c1C. The van der Waals surface area contributed by atoms with Crippen LogP contribution in [0.2, 0.25) is 0 Å². The van der Waals surface area contributed by atoms with Crippen LogP contribution in [0.4, 0.5) is 5.82 Å². The van der Waals surface area contributed by atoms with Crippen molar-refractivity contribution < 1.29 is 9.21 Å². The summed E-state index contributed by atoms with van der Waals surface area (Å²) in [7, 11) is 0. The molecule has 6 nitrogen and oxygen atoms in total. The van der Waals surface area contributed by atoms with Gasteiger partial charge in [0.05, 0.1) is 5.39 Å². The minimum atomic E-state index is 0.0544. The average Bonchev–Trinajstić information content (AvgIpc) is 3.06. The van der Waals surface area contributed by atoms with E-state index in [1.807, 2.05) is 32.0 Å². The largest absolute Gasteiger partial charge is 0.443 e. The van der Waals surface area contributed by atoms with Crippen LogP contribution in [-0.2, 0) is 4.79 Å². The molecule has 2 aromatic heterocycles. The van der Waals surface area contributed by atoms with Gasteiger partial charge in [-0.1, -0.05) is 37.3 Å². The van der Waals surface area contributed by atoms with Crippen molar-refractivity contribution in [3.8, 4) is 0 Å². The first kappa shape index (κ1) is 19.4. The lowest BCUT2D eigenvalue weighted by Crippen LogP contribution is -2.41. The van der Waals surface area contributed by atoms with E-state index in [1.165, 1.54) is 5.56 Å². The second-order valence-electron chi connectivity index (χ2n) is 7.98. The lowest BCUT2D eigenvalue weighted by Gasteiger charge is -2.32. The van der Waals surface area contributed by atoms with Gasteiger partial charge in [-0.15, -0.1) is 0 Å². The van der Waals surface area contributed by atoms with Crippen molar-refractivity contribution in [2.75, 3.05) is 24.5 Å². The highest BCUT2D eigenvalue weighted by Gasteiger charge is 2.27. The zero-order chi connectivity index (χ0) is 20.4. The maximum Gasteiger partial charge on any atom is 0.231 e. The van der Waals surface area contributed by atoms with Crippen molar-refractivity contribution in [1.29, 1.82) is 0 Å². The van der Waals surface area contributed by atoms with Crippen LogP contribution in [0.1, 0.15) is 42.6 Å². The summed E-state index contributed by atoms with van der Waals surface area (Å²) in [5.41, 5.74) is 2.98. The number of aryl methyl sites for hydroxylation is 2. The number of benzene rings is 1. The molecule has 152 valence electrons. The van der Waals surface area contributed by atoms with Crippen LogP contribution >= 0.6 is 0 Å². The molecule has 1 atom stereocenters. The van der Waals surface area contributed by atoms with Gasteiger partial charge in [-0.25, -0.2) is 9.97 Å². The number of nitrogens with zero attached hydrogens (tertiary/aromatic N) is 3. The number of anilines is 1. The van der Waals surface area contributed by atoms with Crippen LogP contribution in [0.15, 0.2) is 41.1 Å². The standard InChI is InChI=1S/C23H28N4O2/c1-15(18-7-5-4-6-8-18)13-24-22(28)19-9-11-27(12-10-19)21-20-16(2)17(3)29-23(20)26-14-25-21/h4-8,14-15,19H,9-13H2,1-3H3,(H,24,28). The van der Waals surface area contributed by atoms with Crippen LogP contribution in [0, 0.1) is 19.8 Å². The summed E-state index contributed by atoms with van der Waals surface area (Å²) in [6, 6.07) is 10.3. The van der Waals surface area contributed by atoms with Crippen molar-refractivity contribution >= 4 is 22.8 Å². The van der Waals surface area contributed by atoms with Crippen molar-refractivity contribution in [2.45, 2.75) is 39.5 Å². The Morgan fingerprint density at radius 1 is 1.21 bits per heavy atom. The topological polar surface area (TPSA) is 71.3 Å². The number of fused-ring (bicyclic) bond motifs is 1. The summed E-state index contributed by atoms with van der Waals surface area (Å²) in [5.74, 6) is 2.32. The fourth-order valence-electron chi connectivity index (χ4n) is 4.05. The minimum absolute atomic E-state index is 0.0544. The molecule has 0 saturated carbocycles. The Bertz CT molecular complexity index is 991. The van der Waals surface area contributed by atoms with Crippen LogP contribution in [0.3, 0.4) is 0 Å². The van der Waals surface area contributed by atoms with E-state index in [9.17, 15) is 4.79 Å². The molecular formula is C23H28N4O2. The average molecular weight is 393 g/mol. The lowest BCUT2D eigenvalue weighted by atomic mass is 9.95. The van der Waals surface area contributed by atoms with E-state index in [0.717, 1.165) is 48.5 Å². The van der Waals surface area contributed by atoms with Gasteiger partial charge in [0.25, 0.3) is 0 Å². The van der Waals surface area contributed by atoms with Crippen LogP contribution in [-0.4, -0.2) is 35.5 Å². The van der Waals surface area contributed by atoms with Gasteiger partial charge in [-0.2, -0.15) is 0 Å². The highest BCUT2D eigenvalue weighted by Crippen LogP contribution is 2.32. The first-order valence-corrected chi connectivity index (χ1v) is 10.3. The van der Waals surface area contributed by atoms with E-state index in [4.69, 9.17) is 4.42 Å². The molecule has 1 aliphatic heterocycles. The number of carbonyl (C=O) groups excluding carboxylic acids is 1. The second-order valence-corrected chi connectivity index (χ2v) is 7.98. The number of nitrogens with one attached hydrogen (secondary N) is 1. The van der Waals surface area contributed by atoms with E-state index in [2.05, 4.69) is 39.2 Å². The molecular weight excluding hydrogens is 364 g/mol. The van der Waals surface area contributed by atoms with Crippen molar-refractivity contribution in [3.05, 3.63) is 53.5 Å². The maximum atomic E-state index is 12.7. The summed E-state index contributed by atoms with van der Waals surface area (Å²) in [5, 5.41) is 4.14. The summed E-state index contributed by atoms with van der Waals surface area (Å²) < 4.78 is 5.74. The fraction of sp³-hybridized carbons (Fsp3) is 0.435. The van der Waals surface area contributed by atoms with Crippen LogP contribution in [0.5, 0.6) is 0 Å². The van der Waals surface area contributed by atoms with E-state index < -0.39 is 0 Å². The van der Waals surface area contributed by atoms with Crippen molar-refractivity contribution in [1.82, 2.24) is 15.3 Å². The predicted octanol–water partition coefficient (Wildman–Crippen LogP) is 3.98. The first-order chi connectivity index (χ1) is 14.0. The molecule has 1 saturated heterocycles. The molecule has 3 aromatic rings. The Balaban J connectivity index is 1.35. The predicted molar refractivity (Wildman–Crippen MR) is 114 cm³/mol. The van der Waals surface area contributed by atoms with Crippen molar-refractivity contribution in [3.63, 3.8) is 0 Å². The van der Waals surface area contributed by atoms with E-state index >= 15 is 0 Å². The lowest BCUT2D eigenvalue weighted by molar-refractivity contribution is -0.125. The molecule has 1 aromatic carbocycles. The highest BCUT2D eigenvalue weighted by molar-refractivity contribution is 5.90. The Morgan fingerprint density at radius 2 is 1.93 bits per heavy atom. The monoisotopic (exact) mass is 392 g/mol. The van der Waals surface area contributed by atoms with Gasteiger partial charge >= 0.3 is 0 Å². The zero-order valence-electron chi connectivity index (χ0n) is 17.3. The molecule has 0 spiro atoms. The molecule has 4 rings (SSSR count). The molecule has 29 heavy (non-hydrogen) atoms. The number of hydrogen-bond donors (Lipinski definition) is 1. The molecule has 3 heterocycles. The molecule has 1 aliphatic rings. The minimum Gasteiger partial charge on any atom is -0.443 e. The number of furan rings is 1. The van der Waals surface area contributed by atoms with Crippen LogP contribution < -0.4 is 10.2 Å². The van der Waals surface area contributed by atoms with Gasteiger partial charge in [0.15, 0.2) is 0 Å². The van der Waals surface area contributed by atoms with Gasteiger partial charge in [0.1, 0.15) is 17.9 Å². The van der Waals surface area contributed by atoms with Gasteiger partial charge in [-0.05, 0) is 38.2 Å². The van der Waals surface area contributed by atoms with E-state index in [-0.39, 0.29) is 11.8 Å². The number of amides is 1. The van der Waals surface area contributed by atoms with E-state index in [0.29, 0.717) is 18.2 Å². The van der Waals surface area contributed by atoms with Gasteiger partial charge in [0, 0.05) is 31.1 Å². The fourth-order valence-corrected chi connectivity index (χ4v) is 4.05. The number of piperidine rings is 1.